The molecule has 0 saturated carbocycles. The van der Waals surface area contributed by atoms with Crippen molar-refractivity contribution in [3.8, 4) is 0 Å². The maximum absolute atomic E-state index is 14.2. The quantitative estimate of drug-likeness (QED) is 0.306. The van der Waals surface area contributed by atoms with E-state index in [1.807, 2.05) is 0 Å². The first-order valence-corrected chi connectivity index (χ1v) is 13.3. The molecule has 212 valence electrons. The maximum Gasteiger partial charge on any atom is 0.418 e. The molecule has 2 aromatic rings. The summed E-state index contributed by atoms with van der Waals surface area (Å²) in [5, 5.41) is 12.9. The highest BCUT2D eigenvalue weighted by Gasteiger charge is 2.46. The average Bonchev–Trinajstić information content (AvgIpc) is 2.87. The Morgan fingerprint density at radius 1 is 0.974 bits per heavy atom. The van der Waals surface area contributed by atoms with E-state index in [0.29, 0.717) is 48.4 Å². The summed E-state index contributed by atoms with van der Waals surface area (Å²) in [4.78, 5) is 13.5. The molecule has 4 rings (SSSR count). The Morgan fingerprint density at radius 3 is 2.28 bits per heavy atom. The number of halogens is 6. The molecule has 2 aliphatic rings. The van der Waals surface area contributed by atoms with Crippen molar-refractivity contribution in [1.29, 1.82) is 0 Å². The normalized spacial score (nSPS) is 18.1. The van der Waals surface area contributed by atoms with Crippen LogP contribution >= 0.6 is 11.8 Å². The minimum Gasteiger partial charge on any atom is -0.393 e. The monoisotopic (exact) mass is 574 g/mol. The van der Waals surface area contributed by atoms with Crippen LogP contribution in [0.15, 0.2) is 52.3 Å². The van der Waals surface area contributed by atoms with Crippen LogP contribution < -0.4 is 5.32 Å². The standard InChI is InChI=1S/C27H28F6N2O3S/c28-26(29,30)24-17(5-7-23(37)35-12-8-20(36)9-13-35)4-6-22(25(24)27(31,32)33)39-21-3-1-2-19(16-21)34-18-10-14-38-15-11-18/h1-7,16,18,20,34,36H,8-15H2/b7-5+. The Balaban J connectivity index is 1.64. The summed E-state index contributed by atoms with van der Waals surface area (Å²) >= 11 is 0.596. The highest BCUT2D eigenvalue weighted by atomic mass is 32.2. The number of ether oxygens (including phenoxy) is 1. The zero-order valence-corrected chi connectivity index (χ0v) is 21.6. The number of rotatable bonds is 6. The van der Waals surface area contributed by atoms with Gasteiger partial charge in [-0.2, -0.15) is 26.3 Å². The zero-order valence-electron chi connectivity index (χ0n) is 20.8. The van der Waals surface area contributed by atoms with Crippen molar-refractivity contribution in [1.82, 2.24) is 4.90 Å². The van der Waals surface area contributed by atoms with E-state index in [9.17, 15) is 36.2 Å². The molecule has 0 aliphatic carbocycles. The van der Waals surface area contributed by atoms with E-state index in [1.54, 1.807) is 18.2 Å². The molecule has 0 unspecified atom stereocenters. The topological polar surface area (TPSA) is 61.8 Å². The number of carbonyl (C=O) groups excluding carboxylic acids is 1. The van der Waals surface area contributed by atoms with Gasteiger partial charge in [-0.05, 0) is 61.6 Å². The lowest BCUT2D eigenvalue weighted by atomic mass is 9.99. The second kappa shape index (κ2) is 12.2. The molecule has 2 aliphatic heterocycles. The molecule has 5 nitrogen and oxygen atoms in total. The number of hydrogen-bond acceptors (Lipinski definition) is 5. The fourth-order valence-electron chi connectivity index (χ4n) is 4.62. The lowest BCUT2D eigenvalue weighted by molar-refractivity contribution is -0.163. The zero-order chi connectivity index (χ0) is 28.2. The van der Waals surface area contributed by atoms with Gasteiger partial charge in [0.15, 0.2) is 0 Å². The summed E-state index contributed by atoms with van der Waals surface area (Å²) < 4.78 is 90.2. The smallest absolute Gasteiger partial charge is 0.393 e. The predicted octanol–water partition coefficient (Wildman–Crippen LogP) is 6.46. The Labute approximate surface area is 226 Å². The van der Waals surface area contributed by atoms with Gasteiger partial charge in [0.05, 0.1) is 17.2 Å². The van der Waals surface area contributed by atoms with Gasteiger partial charge in [0.2, 0.25) is 5.91 Å². The molecule has 0 atom stereocenters. The number of nitrogens with one attached hydrogen (secondary N) is 1. The van der Waals surface area contributed by atoms with E-state index >= 15 is 0 Å². The predicted molar refractivity (Wildman–Crippen MR) is 135 cm³/mol. The fourth-order valence-corrected chi connectivity index (χ4v) is 5.66. The van der Waals surface area contributed by atoms with E-state index in [0.717, 1.165) is 37.1 Å². The van der Waals surface area contributed by atoms with Gasteiger partial charge in [0.25, 0.3) is 0 Å². The van der Waals surface area contributed by atoms with Crippen LogP contribution in [0.5, 0.6) is 0 Å². The van der Waals surface area contributed by atoms with E-state index in [1.165, 1.54) is 11.0 Å². The second-order valence-corrected chi connectivity index (χ2v) is 10.6. The molecule has 12 heteroatoms. The number of benzene rings is 2. The molecule has 0 spiro atoms. The van der Waals surface area contributed by atoms with Crippen LogP contribution in [0.25, 0.3) is 6.08 Å². The van der Waals surface area contributed by atoms with Gasteiger partial charge in [-0.25, -0.2) is 0 Å². The Hall–Kier alpha value is -2.70. The number of anilines is 1. The van der Waals surface area contributed by atoms with Crippen LogP contribution in [0.4, 0.5) is 32.0 Å². The highest BCUT2D eigenvalue weighted by molar-refractivity contribution is 7.99. The van der Waals surface area contributed by atoms with Crippen molar-refractivity contribution in [3.05, 3.63) is 59.2 Å². The number of piperidine rings is 1. The molecule has 2 heterocycles. The molecule has 2 aromatic carbocycles. The first kappa shape index (κ1) is 29.3. The number of likely N-dealkylation sites (tertiary alicyclic amines) is 1. The van der Waals surface area contributed by atoms with Gasteiger partial charge >= 0.3 is 12.4 Å². The molecule has 2 saturated heterocycles. The molecular formula is C27H28F6N2O3S. The number of nitrogens with zero attached hydrogens (tertiary/aromatic N) is 1. The number of hydrogen-bond donors (Lipinski definition) is 2. The summed E-state index contributed by atoms with van der Waals surface area (Å²) in [7, 11) is 0. The van der Waals surface area contributed by atoms with Gasteiger partial charge in [-0.15, -0.1) is 0 Å². The van der Waals surface area contributed by atoms with Crippen molar-refractivity contribution < 1.29 is 41.0 Å². The summed E-state index contributed by atoms with van der Waals surface area (Å²) in [5.41, 5.74) is -3.73. The minimum absolute atomic E-state index is 0.130. The van der Waals surface area contributed by atoms with Crippen LogP contribution in [0.1, 0.15) is 42.4 Å². The van der Waals surface area contributed by atoms with E-state index in [2.05, 4.69) is 5.32 Å². The number of aliphatic hydroxyl groups is 1. The van der Waals surface area contributed by atoms with E-state index in [4.69, 9.17) is 4.74 Å². The lowest BCUT2D eigenvalue weighted by Crippen LogP contribution is -2.39. The molecule has 0 aromatic heterocycles. The Morgan fingerprint density at radius 2 is 1.64 bits per heavy atom. The average molecular weight is 575 g/mol. The number of aliphatic hydroxyl groups excluding tert-OH is 1. The fraction of sp³-hybridized carbons (Fsp3) is 0.444. The number of amides is 1. The Bertz CT molecular complexity index is 1190. The van der Waals surface area contributed by atoms with Crippen molar-refractivity contribution in [2.75, 3.05) is 31.6 Å². The van der Waals surface area contributed by atoms with Crippen LogP contribution in [0.3, 0.4) is 0 Å². The SMILES string of the molecule is O=C(/C=C/c1ccc(Sc2cccc(NC3CCOCC3)c2)c(C(F)(F)F)c1C(F)(F)F)N1CCC(O)CC1. The van der Waals surface area contributed by atoms with Crippen LogP contribution in [0, 0.1) is 0 Å². The first-order chi connectivity index (χ1) is 18.4. The van der Waals surface area contributed by atoms with Gasteiger partial charge in [-0.3, -0.25) is 4.79 Å². The van der Waals surface area contributed by atoms with Gasteiger partial charge in [0.1, 0.15) is 0 Å². The largest absolute Gasteiger partial charge is 0.418 e. The first-order valence-electron chi connectivity index (χ1n) is 12.5. The van der Waals surface area contributed by atoms with Crippen LogP contribution in [0.2, 0.25) is 0 Å². The second-order valence-electron chi connectivity index (χ2n) is 9.45. The third kappa shape index (κ3) is 7.70. The molecule has 0 bridgehead atoms. The number of alkyl halides is 6. The third-order valence-electron chi connectivity index (χ3n) is 6.60. The minimum atomic E-state index is -5.33. The van der Waals surface area contributed by atoms with E-state index < -0.39 is 45.9 Å². The molecule has 39 heavy (non-hydrogen) atoms. The van der Waals surface area contributed by atoms with Gasteiger partial charge < -0.3 is 20.1 Å². The third-order valence-corrected chi connectivity index (χ3v) is 7.65. The molecule has 2 fully saturated rings. The number of carbonyl (C=O) groups is 1. The maximum atomic E-state index is 14.2. The summed E-state index contributed by atoms with van der Waals surface area (Å²) in [6, 6.07) is 8.61. The van der Waals surface area contributed by atoms with Crippen molar-refractivity contribution in [2.45, 2.75) is 60.0 Å². The summed E-state index contributed by atoms with van der Waals surface area (Å²) in [5.74, 6) is -0.629. The van der Waals surface area contributed by atoms with E-state index in [-0.39, 0.29) is 19.1 Å². The van der Waals surface area contributed by atoms with Crippen LogP contribution in [-0.4, -0.2) is 54.4 Å². The lowest BCUT2D eigenvalue weighted by Gasteiger charge is -2.28. The molecular weight excluding hydrogens is 546 g/mol. The summed E-state index contributed by atoms with van der Waals surface area (Å²) in [6.45, 7) is 1.61. The molecule has 0 radical (unpaired) electrons. The van der Waals surface area contributed by atoms with Gasteiger partial charge in [-0.1, -0.05) is 23.9 Å². The van der Waals surface area contributed by atoms with Crippen LogP contribution in [-0.2, 0) is 21.9 Å². The highest BCUT2D eigenvalue weighted by Crippen LogP contribution is 2.48. The van der Waals surface area contributed by atoms with Crippen molar-refractivity contribution in [2.24, 2.45) is 0 Å². The van der Waals surface area contributed by atoms with Crippen molar-refractivity contribution in [3.63, 3.8) is 0 Å². The van der Waals surface area contributed by atoms with Gasteiger partial charge in [0, 0.05) is 53.9 Å². The Kier molecular flexibility index (Phi) is 9.18. The van der Waals surface area contributed by atoms with Crippen molar-refractivity contribution >= 4 is 29.4 Å². The summed E-state index contributed by atoms with van der Waals surface area (Å²) in [6.07, 6.45) is -7.39. The molecule has 2 N–H and O–H groups in total. The molecule has 1 amide bonds.